The fraction of sp³-hybridized carbons (Fsp3) is 0.346. The first-order chi connectivity index (χ1) is 16.4. The Bertz CT molecular complexity index is 1180. The Hall–Kier alpha value is -2.83. The van der Waals surface area contributed by atoms with E-state index in [4.69, 9.17) is 27.9 Å². The maximum atomic E-state index is 13.0. The fourth-order valence-corrected chi connectivity index (χ4v) is 4.86. The van der Waals surface area contributed by atoms with E-state index in [1.54, 1.807) is 48.0 Å². The van der Waals surface area contributed by atoms with Crippen molar-refractivity contribution in [1.29, 1.82) is 0 Å². The van der Waals surface area contributed by atoms with Gasteiger partial charge in [0.1, 0.15) is 0 Å². The highest BCUT2D eigenvalue weighted by Gasteiger charge is 2.24. The quantitative estimate of drug-likeness (QED) is 0.366. The number of carbonyl (C=O) groups is 2. The van der Waals surface area contributed by atoms with Crippen molar-refractivity contribution in [2.45, 2.75) is 45.1 Å². The number of nitrogens with zero attached hydrogens (tertiary/aromatic N) is 3. The maximum Gasteiger partial charge on any atom is 0.358 e. The third-order valence-electron chi connectivity index (χ3n) is 6.20. The summed E-state index contributed by atoms with van der Waals surface area (Å²) in [7, 11) is 1.88. The highest BCUT2D eigenvalue weighted by molar-refractivity contribution is 6.36. The molecule has 0 unspecified atom stereocenters. The normalized spacial score (nSPS) is 14.1. The van der Waals surface area contributed by atoms with Crippen LogP contribution >= 0.6 is 23.2 Å². The van der Waals surface area contributed by atoms with Crippen molar-refractivity contribution in [1.82, 2.24) is 14.7 Å². The summed E-state index contributed by atoms with van der Waals surface area (Å²) in [6.45, 7) is 1.99. The third-order valence-corrected chi connectivity index (χ3v) is 6.75. The molecule has 0 bridgehead atoms. The Kier molecular flexibility index (Phi) is 7.59. The highest BCUT2D eigenvalue weighted by Crippen LogP contribution is 2.33. The van der Waals surface area contributed by atoms with Crippen LogP contribution in [0.2, 0.25) is 10.0 Å². The van der Waals surface area contributed by atoms with Crippen LogP contribution in [0, 0.1) is 0 Å². The molecule has 0 radical (unpaired) electrons. The molecule has 1 saturated carbocycles. The fourth-order valence-electron chi connectivity index (χ4n) is 4.35. The highest BCUT2D eigenvalue weighted by atomic mass is 35.5. The lowest BCUT2D eigenvalue weighted by Crippen LogP contribution is -2.38. The van der Waals surface area contributed by atoms with Gasteiger partial charge in [0.2, 0.25) is 0 Å². The zero-order chi connectivity index (χ0) is 24.2. The van der Waals surface area contributed by atoms with Crippen molar-refractivity contribution in [3.63, 3.8) is 0 Å². The van der Waals surface area contributed by atoms with E-state index in [0.29, 0.717) is 32.6 Å². The van der Waals surface area contributed by atoms with Crippen LogP contribution < -0.4 is 0 Å². The number of hydrogen-bond donors (Lipinski definition) is 0. The smallest absolute Gasteiger partial charge is 0.358 e. The minimum atomic E-state index is -0.520. The van der Waals surface area contributed by atoms with E-state index in [-0.39, 0.29) is 24.2 Å². The first-order valence-corrected chi connectivity index (χ1v) is 12.2. The Labute approximate surface area is 209 Å². The minimum Gasteiger partial charge on any atom is -0.461 e. The van der Waals surface area contributed by atoms with Gasteiger partial charge in [-0.25, -0.2) is 9.48 Å². The van der Waals surface area contributed by atoms with Crippen molar-refractivity contribution >= 4 is 35.1 Å². The second-order valence-corrected chi connectivity index (χ2v) is 9.27. The number of aromatic nitrogens is 2. The Morgan fingerprint density at radius 1 is 1.06 bits per heavy atom. The Morgan fingerprint density at radius 2 is 1.76 bits per heavy atom. The average molecular weight is 500 g/mol. The second kappa shape index (κ2) is 10.6. The third kappa shape index (κ3) is 5.13. The molecule has 0 aliphatic heterocycles. The summed E-state index contributed by atoms with van der Waals surface area (Å²) in [5.41, 5.74) is 2.75. The van der Waals surface area contributed by atoms with Gasteiger partial charge in [0.05, 0.1) is 23.0 Å². The minimum absolute atomic E-state index is 0.00657. The molecule has 0 saturated heterocycles. The Morgan fingerprint density at radius 3 is 2.41 bits per heavy atom. The molecular formula is C26H27Cl2N3O3. The molecule has 1 aliphatic carbocycles. The van der Waals surface area contributed by atoms with Crippen LogP contribution in [0.3, 0.4) is 0 Å². The number of carbonyl (C=O) groups excluding carboxylic acids is 2. The molecule has 1 aromatic heterocycles. The molecule has 1 heterocycles. The molecule has 6 nitrogen and oxygen atoms in total. The van der Waals surface area contributed by atoms with Crippen LogP contribution in [-0.4, -0.2) is 46.3 Å². The monoisotopic (exact) mass is 499 g/mol. The molecule has 0 atom stereocenters. The molecule has 4 rings (SSSR count). The molecule has 1 amide bonds. The molecule has 0 spiro atoms. The molecule has 178 valence electrons. The van der Waals surface area contributed by atoms with Crippen molar-refractivity contribution in [3.05, 3.63) is 69.8 Å². The van der Waals surface area contributed by atoms with E-state index in [1.165, 1.54) is 19.3 Å². The van der Waals surface area contributed by atoms with E-state index < -0.39 is 5.97 Å². The first kappa shape index (κ1) is 24.3. The maximum absolute atomic E-state index is 13.0. The van der Waals surface area contributed by atoms with Gasteiger partial charge in [-0.2, -0.15) is 5.10 Å². The van der Waals surface area contributed by atoms with E-state index in [0.717, 1.165) is 12.8 Å². The Balaban J connectivity index is 1.67. The van der Waals surface area contributed by atoms with Crippen LogP contribution in [0.5, 0.6) is 0 Å². The lowest BCUT2D eigenvalue weighted by Gasteiger charge is -2.31. The zero-order valence-corrected chi connectivity index (χ0v) is 20.8. The predicted molar refractivity (Wildman–Crippen MR) is 134 cm³/mol. The first-order valence-electron chi connectivity index (χ1n) is 11.5. The van der Waals surface area contributed by atoms with Gasteiger partial charge in [-0.15, -0.1) is 0 Å². The molecule has 2 aromatic carbocycles. The van der Waals surface area contributed by atoms with Gasteiger partial charge < -0.3 is 9.64 Å². The molecule has 0 N–H and O–H groups in total. The summed E-state index contributed by atoms with van der Waals surface area (Å²) in [5, 5.41) is 5.42. The summed E-state index contributed by atoms with van der Waals surface area (Å²) in [6, 6.07) is 14.3. The average Bonchev–Trinajstić information content (AvgIpc) is 3.29. The van der Waals surface area contributed by atoms with Gasteiger partial charge in [0.15, 0.2) is 5.69 Å². The van der Waals surface area contributed by atoms with Crippen molar-refractivity contribution in [3.8, 4) is 16.9 Å². The molecule has 8 heteroatoms. The lowest BCUT2D eigenvalue weighted by atomic mass is 9.94. The van der Waals surface area contributed by atoms with Gasteiger partial charge in [-0.3, -0.25) is 4.79 Å². The van der Waals surface area contributed by atoms with E-state index in [9.17, 15) is 9.59 Å². The van der Waals surface area contributed by atoms with Crippen LogP contribution in [-0.2, 0) is 4.74 Å². The van der Waals surface area contributed by atoms with E-state index >= 15 is 0 Å². The number of rotatable bonds is 6. The van der Waals surface area contributed by atoms with Crippen molar-refractivity contribution in [2.24, 2.45) is 0 Å². The topological polar surface area (TPSA) is 64.4 Å². The predicted octanol–water partition coefficient (Wildman–Crippen LogP) is 6.43. The van der Waals surface area contributed by atoms with Crippen LogP contribution in [0.15, 0.2) is 48.5 Å². The summed E-state index contributed by atoms with van der Waals surface area (Å²) in [6.07, 6.45) is 5.68. The molecule has 34 heavy (non-hydrogen) atoms. The van der Waals surface area contributed by atoms with Crippen LogP contribution in [0.25, 0.3) is 16.9 Å². The van der Waals surface area contributed by atoms with Gasteiger partial charge in [-0.1, -0.05) is 42.5 Å². The van der Waals surface area contributed by atoms with Gasteiger partial charge in [0, 0.05) is 29.2 Å². The summed E-state index contributed by atoms with van der Waals surface area (Å²) in [4.78, 5) is 27.3. The molecule has 1 aliphatic rings. The number of amides is 1. The number of ether oxygens (including phenoxy) is 1. The summed E-state index contributed by atoms with van der Waals surface area (Å²) < 4.78 is 6.76. The van der Waals surface area contributed by atoms with Crippen molar-refractivity contribution < 1.29 is 14.3 Å². The number of halogens is 2. The SMILES string of the molecule is CCOC(=O)c1cc(-c2ccc(Cl)cc2Cl)n(-c2ccc(C(=O)N(C)C3CCCCC3)cc2)n1. The van der Waals surface area contributed by atoms with Crippen LogP contribution in [0.4, 0.5) is 0 Å². The van der Waals surface area contributed by atoms with Crippen LogP contribution in [0.1, 0.15) is 59.9 Å². The zero-order valence-electron chi connectivity index (χ0n) is 19.3. The summed E-state index contributed by atoms with van der Waals surface area (Å²) >= 11 is 12.5. The number of benzene rings is 2. The number of esters is 1. The molecule has 1 fully saturated rings. The van der Waals surface area contributed by atoms with E-state index in [1.807, 2.05) is 24.1 Å². The van der Waals surface area contributed by atoms with Gasteiger partial charge >= 0.3 is 5.97 Å². The lowest BCUT2D eigenvalue weighted by molar-refractivity contribution is 0.0518. The largest absolute Gasteiger partial charge is 0.461 e. The standard InChI is InChI=1S/C26H27Cl2N3O3/c1-3-34-26(33)23-16-24(21-14-11-18(27)15-22(21)28)31(29-23)20-12-9-17(10-13-20)25(32)30(2)19-7-5-4-6-8-19/h9-16,19H,3-8H2,1-2H3. The van der Waals surface area contributed by atoms with Gasteiger partial charge in [0.25, 0.3) is 5.91 Å². The molecule has 3 aromatic rings. The summed E-state index contributed by atoms with van der Waals surface area (Å²) in [5.74, 6) is -0.513. The van der Waals surface area contributed by atoms with Crippen molar-refractivity contribution in [2.75, 3.05) is 13.7 Å². The molecular weight excluding hydrogens is 473 g/mol. The van der Waals surface area contributed by atoms with E-state index in [2.05, 4.69) is 5.10 Å². The number of hydrogen-bond acceptors (Lipinski definition) is 4. The van der Waals surface area contributed by atoms with Gasteiger partial charge in [-0.05, 0) is 68.3 Å². The second-order valence-electron chi connectivity index (χ2n) is 8.43.